The van der Waals surface area contributed by atoms with Gasteiger partial charge in [-0.2, -0.15) is 0 Å². The third-order valence-corrected chi connectivity index (χ3v) is 0.167. The van der Waals surface area contributed by atoms with Crippen molar-refractivity contribution in [3.8, 4) is 0 Å². The normalized spacial score (nSPS) is 8.80. The van der Waals surface area contributed by atoms with Crippen LogP contribution in [0.1, 0.15) is 0 Å². The molecule has 0 saturated heterocycles. The molecule has 10 heavy (non-hydrogen) atoms. The minimum absolute atomic E-state index is 0. The molecule has 0 heterocycles. The Bertz CT molecular complexity index is 124. The Labute approximate surface area is 69.5 Å². The summed E-state index contributed by atoms with van der Waals surface area (Å²) in [6.45, 7) is 1.19. The van der Waals surface area contributed by atoms with Crippen LogP contribution in [0.15, 0.2) is 0 Å². The van der Waals surface area contributed by atoms with E-state index in [0.717, 1.165) is 0 Å². The van der Waals surface area contributed by atoms with Crippen molar-refractivity contribution >= 4 is 10.4 Å². The van der Waals surface area contributed by atoms with Gasteiger partial charge in [-0.05, 0) is 0 Å². The van der Waals surface area contributed by atoms with Gasteiger partial charge in [0.25, 0.3) is 0 Å². The molecule has 0 atom stereocenters. The second kappa shape index (κ2) is 9.28. The summed E-state index contributed by atoms with van der Waals surface area (Å²) in [5, 5.41) is 0. The van der Waals surface area contributed by atoms with Gasteiger partial charge in [0.1, 0.15) is 0 Å². The zero-order chi connectivity index (χ0) is 7.91. The molecule has 66 valence electrons. The zero-order valence-corrected chi connectivity index (χ0v) is 6.73. The van der Waals surface area contributed by atoms with Crippen molar-refractivity contribution in [2.75, 3.05) is 13.1 Å². The van der Waals surface area contributed by atoms with E-state index >= 15 is 0 Å². The van der Waals surface area contributed by atoms with E-state index in [1.807, 2.05) is 0 Å². The molecule has 0 amide bonds. The molecular weight excluding hydrogens is 207 g/mol. The molecule has 8 heteroatoms. The van der Waals surface area contributed by atoms with E-state index < -0.39 is 10.4 Å². The molecule has 0 unspecified atom stereocenters. The summed E-state index contributed by atoms with van der Waals surface area (Å²) in [5.74, 6) is 0. The molecule has 0 aromatic carbocycles. The average molecular weight is 215 g/mol. The van der Waals surface area contributed by atoms with E-state index in [9.17, 15) is 0 Å². The quantitative estimate of drug-likeness (QED) is 0.283. The molecule has 0 aliphatic rings. The molecule has 0 aromatic rings. The Kier molecular flexibility index (Phi) is 15.5. The minimum atomic E-state index is -5.17. The van der Waals surface area contributed by atoms with Crippen LogP contribution in [0.5, 0.6) is 0 Å². The van der Waals surface area contributed by atoms with Gasteiger partial charge in [-0.3, -0.25) is 8.42 Å². The Morgan fingerprint density at radius 3 is 1.20 bits per heavy atom. The van der Waals surface area contributed by atoms with Crippen LogP contribution in [-0.4, -0.2) is 30.6 Å². The molecule has 0 fully saturated rings. The van der Waals surface area contributed by atoms with Crippen LogP contribution < -0.4 is 11.5 Å². The van der Waals surface area contributed by atoms with Gasteiger partial charge in [0, 0.05) is 23.5 Å². The van der Waals surface area contributed by atoms with Gasteiger partial charge in [-0.15, -0.1) is 0 Å². The summed E-state index contributed by atoms with van der Waals surface area (Å²) in [4.78, 5) is 0. The van der Waals surface area contributed by atoms with E-state index in [4.69, 9.17) is 29.0 Å². The first kappa shape index (κ1) is 16.7. The summed E-state index contributed by atoms with van der Waals surface area (Å²) in [6.07, 6.45) is 0. The molecule has 0 radical (unpaired) electrons. The van der Waals surface area contributed by atoms with E-state index in [-0.39, 0.29) is 16.5 Å². The Balaban J connectivity index is -0.0000000910. The van der Waals surface area contributed by atoms with E-state index in [1.165, 1.54) is 0 Å². The Hall–Kier alpha value is 0.284. The molecule has 0 saturated carbocycles. The van der Waals surface area contributed by atoms with Crippen molar-refractivity contribution in [3.63, 3.8) is 0 Å². The van der Waals surface area contributed by atoms with Crippen LogP contribution >= 0.6 is 0 Å². The Morgan fingerprint density at radius 1 is 1.10 bits per heavy atom. The van der Waals surface area contributed by atoms with Crippen molar-refractivity contribution in [1.82, 2.24) is 0 Å². The first-order valence-electron chi connectivity index (χ1n) is 1.98. The standard InChI is InChI=1S/C2H8N2.Ni.H2O4S/c3-1-2-4;;1-5(2,3)4/h1-4H2;;(H2,1,2,3,4)/q;+2;/p-2. The van der Waals surface area contributed by atoms with Gasteiger partial charge < -0.3 is 20.6 Å². The number of hydrogen-bond acceptors (Lipinski definition) is 6. The third kappa shape index (κ3) is 267. The van der Waals surface area contributed by atoms with Crippen LogP contribution in [-0.2, 0) is 26.9 Å². The number of rotatable bonds is 1. The molecule has 0 aliphatic heterocycles. The fourth-order valence-electron chi connectivity index (χ4n) is 0. The SMILES string of the molecule is NCCN.O=S(=O)([O-])[O-].[Ni+2]. The molecule has 0 aromatic heterocycles. The summed E-state index contributed by atoms with van der Waals surface area (Å²) in [6, 6.07) is 0. The average Bonchev–Trinajstić information content (AvgIpc) is 1.61. The van der Waals surface area contributed by atoms with Gasteiger partial charge in [-0.1, -0.05) is 0 Å². The van der Waals surface area contributed by atoms with Crippen molar-refractivity contribution in [2.24, 2.45) is 11.5 Å². The maximum Gasteiger partial charge on any atom is 2.00 e. The number of nitrogens with two attached hydrogens (primary N) is 2. The third-order valence-electron chi connectivity index (χ3n) is 0.167. The molecule has 4 N–H and O–H groups in total. The monoisotopic (exact) mass is 214 g/mol. The first-order chi connectivity index (χ1) is 3.91. The number of hydrogen-bond donors (Lipinski definition) is 2. The van der Waals surface area contributed by atoms with Crippen LogP contribution in [0, 0.1) is 0 Å². The maximum atomic E-state index is 8.52. The van der Waals surface area contributed by atoms with Crippen LogP contribution in [0.3, 0.4) is 0 Å². The zero-order valence-electron chi connectivity index (χ0n) is 4.93. The Morgan fingerprint density at radius 2 is 1.20 bits per heavy atom. The summed E-state index contributed by atoms with van der Waals surface area (Å²) >= 11 is 0. The molecular formula is C2H8N2NiO4S. The largest absolute Gasteiger partial charge is 2.00 e. The summed E-state index contributed by atoms with van der Waals surface area (Å²) in [5.41, 5.74) is 9.81. The van der Waals surface area contributed by atoms with Crippen LogP contribution in [0.4, 0.5) is 0 Å². The second-order valence-corrected chi connectivity index (χ2v) is 1.80. The smallest absolute Gasteiger partial charge is 0.759 e. The maximum absolute atomic E-state index is 8.52. The summed E-state index contributed by atoms with van der Waals surface area (Å²) < 4.78 is 34.1. The van der Waals surface area contributed by atoms with Gasteiger partial charge >= 0.3 is 16.5 Å². The topological polar surface area (TPSA) is 132 Å². The molecule has 6 nitrogen and oxygen atoms in total. The fourth-order valence-corrected chi connectivity index (χ4v) is 0. The minimum Gasteiger partial charge on any atom is -0.759 e. The van der Waals surface area contributed by atoms with Crippen molar-refractivity contribution < 1.29 is 34.0 Å². The second-order valence-electron chi connectivity index (χ2n) is 0.986. The van der Waals surface area contributed by atoms with Gasteiger partial charge in [0.05, 0.1) is 0 Å². The predicted octanol–water partition coefficient (Wildman–Crippen LogP) is -2.44. The first-order valence-corrected chi connectivity index (χ1v) is 3.32. The predicted molar refractivity (Wildman–Crippen MR) is 28.6 cm³/mol. The molecule has 0 rings (SSSR count). The fraction of sp³-hybridized carbons (Fsp3) is 1.00. The van der Waals surface area contributed by atoms with E-state index in [0.29, 0.717) is 13.1 Å². The molecule has 0 spiro atoms. The van der Waals surface area contributed by atoms with Crippen molar-refractivity contribution in [1.29, 1.82) is 0 Å². The molecule has 0 bridgehead atoms. The molecule has 0 aliphatic carbocycles. The summed E-state index contributed by atoms with van der Waals surface area (Å²) in [7, 11) is -5.17. The van der Waals surface area contributed by atoms with Gasteiger partial charge in [0.2, 0.25) is 0 Å². The van der Waals surface area contributed by atoms with E-state index in [1.54, 1.807) is 0 Å². The van der Waals surface area contributed by atoms with Crippen LogP contribution in [0.2, 0.25) is 0 Å². The van der Waals surface area contributed by atoms with Crippen LogP contribution in [0.25, 0.3) is 0 Å². The van der Waals surface area contributed by atoms with Gasteiger partial charge in [0.15, 0.2) is 0 Å². The van der Waals surface area contributed by atoms with Gasteiger partial charge in [-0.25, -0.2) is 0 Å². The van der Waals surface area contributed by atoms with E-state index in [2.05, 4.69) is 0 Å². The van der Waals surface area contributed by atoms with Crippen molar-refractivity contribution in [2.45, 2.75) is 0 Å². The van der Waals surface area contributed by atoms with Crippen molar-refractivity contribution in [3.05, 3.63) is 0 Å².